The van der Waals surface area contributed by atoms with Gasteiger partial charge in [0.1, 0.15) is 12.2 Å². The molecule has 0 saturated heterocycles. The minimum Gasteiger partial charge on any atom is -0.497 e. The van der Waals surface area contributed by atoms with E-state index >= 15 is 0 Å². The van der Waals surface area contributed by atoms with E-state index in [2.05, 4.69) is 0 Å². The highest BCUT2D eigenvalue weighted by molar-refractivity contribution is 7.89. The lowest BCUT2D eigenvalue weighted by Crippen LogP contribution is -2.45. The van der Waals surface area contributed by atoms with Crippen molar-refractivity contribution in [3.05, 3.63) is 88.7 Å². The summed E-state index contributed by atoms with van der Waals surface area (Å²) >= 11 is 6.15. The summed E-state index contributed by atoms with van der Waals surface area (Å²) in [5.74, 6) is -0.515. The first-order chi connectivity index (χ1) is 17.1. The van der Waals surface area contributed by atoms with E-state index in [0.29, 0.717) is 10.6 Å². The van der Waals surface area contributed by atoms with Crippen molar-refractivity contribution in [1.82, 2.24) is 4.31 Å². The van der Waals surface area contributed by atoms with Crippen LogP contribution in [0.25, 0.3) is 0 Å². The maximum Gasteiger partial charge on any atom is 0.334 e. The predicted octanol–water partition coefficient (Wildman–Crippen LogP) is 6.61. The molecule has 1 aliphatic heterocycles. The standard InChI is InChI=1S/C29H36ClNO5S/c1-20-10-8-9-11-24(20)37(33,34)31-25(28(2,3)4)18-22(27(31)21-12-14-23(30)15-13-21)19-35-17-16-26(32)36-29(5,6)7/h8-18,25,27H,19H2,1-7H3/t25-,27-/m0/s1. The van der Waals surface area contributed by atoms with Crippen molar-refractivity contribution in [2.45, 2.75) is 71.0 Å². The molecule has 0 radical (unpaired) electrons. The number of esters is 1. The third-order valence-corrected chi connectivity index (χ3v) is 8.19. The molecule has 0 aliphatic carbocycles. The topological polar surface area (TPSA) is 72.9 Å². The highest BCUT2D eigenvalue weighted by Crippen LogP contribution is 2.46. The van der Waals surface area contributed by atoms with Gasteiger partial charge in [0.2, 0.25) is 10.0 Å². The lowest BCUT2D eigenvalue weighted by molar-refractivity contribution is -0.148. The fourth-order valence-electron chi connectivity index (χ4n) is 4.29. The number of rotatable bonds is 7. The number of carbonyl (C=O) groups is 1. The van der Waals surface area contributed by atoms with Crippen LogP contribution in [0.15, 0.2) is 77.4 Å². The van der Waals surface area contributed by atoms with E-state index in [1.165, 1.54) is 12.3 Å². The SMILES string of the molecule is Cc1ccccc1S(=O)(=O)N1[C@@H](c2ccc(Cl)cc2)C(COC=CC(=O)OC(C)(C)C)=C[C@H]1C(C)(C)C. The molecule has 37 heavy (non-hydrogen) atoms. The van der Waals surface area contributed by atoms with E-state index in [9.17, 15) is 13.2 Å². The molecule has 2 atom stereocenters. The lowest BCUT2D eigenvalue weighted by atomic mass is 9.87. The number of hydrogen-bond donors (Lipinski definition) is 0. The Morgan fingerprint density at radius 2 is 1.65 bits per heavy atom. The summed E-state index contributed by atoms with van der Waals surface area (Å²) in [4.78, 5) is 12.3. The first-order valence-corrected chi connectivity index (χ1v) is 14.0. The van der Waals surface area contributed by atoms with Crippen LogP contribution in [0.2, 0.25) is 5.02 Å². The molecule has 3 rings (SSSR count). The molecule has 8 heteroatoms. The van der Waals surface area contributed by atoms with Crippen molar-refractivity contribution < 1.29 is 22.7 Å². The van der Waals surface area contributed by atoms with E-state index in [1.54, 1.807) is 62.3 Å². The van der Waals surface area contributed by atoms with Gasteiger partial charge in [0.25, 0.3) is 0 Å². The Kier molecular flexibility index (Phi) is 8.62. The summed E-state index contributed by atoms with van der Waals surface area (Å²) in [6.45, 7) is 13.3. The first-order valence-electron chi connectivity index (χ1n) is 12.2. The molecule has 1 aliphatic rings. The molecule has 0 amide bonds. The minimum atomic E-state index is -3.91. The second kappa shape index (κ2) is 11.0. The van der Waals surface area contributed by atoms with Crippen molar-refractivity contribution in [2.24, 2.45) is 5.41 Å². The zero-order valence-electron chi connectivity index (χ0n) is 22.5. The van der Waals surface area contributed by atoms with Crippen LogP contribution in [0.5, 0.6) is 0 Å². The number of ether oxygens (including phenoxy) is 2. The number of hydrogen-bond acceptors (Lipinski definition) is 5. The molecule has 200 valence electrons. The van der Waals surface area contributed by atoms with Crippen LogP contribution < -0.4 is 0 Å². The molecule has 0 N–H and O–H groups in total. The molecule has 0 unspecified atom stereocenters. The zero-order valence-corrected chi connectivity index (χ0v) is 24.1. The van der Waals surface area contributed by atoms with Gasteiger partial charge in [0.15, 0.2) is 0 Å². The molecule has 0 saturated carbocycles. The Morgan fingerprint density at radius 3 is 2.22 bits per heavy atom. The molecule has 6 nitrogen and oxygen atoms in total. The van der Waals surface area contributed by atoms with Gasteiger partial charge < -0.3 is 9.47 Å². The quantitative estimate of drug-likeness (QED) is 0.169. The first kappa shape index (κ1) is 29.0. The Hall–Kier alpha value is -2.61. The smallest absolute Gasteiger partial charge is 0.334 e. The molecular weight excluding hydrogens is 510 g/mol. The highest BCUT2D eigenvalue weighted by Gasteiger charge is 2.48. The molecular formula is C29H36ClNO5S. The van der Waals surface area contributed by atoms with Crippen molar-refractivity contribution in [3.8, 4) is 0 Å². The van der Waals surface area contributed by atoms with Crippen LogP contribution in [0.1, 0.15) is 58.7 Å². The van der Waals surface area contributed by atoms with Crippen molar-refractivity contribution in [3.63, 3.8) is 0 Å². The normalized spacial score (nSPS) is 19.2. The van der Waals surface area contributed by atoms with E-state index in [1.807, 2.05) is 45.0 Å². The van der Waals surface area contributed by atoms with Gasteiger partial charge in [0.05, 0.1) is 23.3 Å². The summed E-state index contributed by atoms with van der Waals surface area (Å²) in [7, 11) is -3.91. The maximum atomic E-state index is 14.2. The predicted molar refractivity (Wildman–Crippen MR) is 147 cm³/mol. The summed E-state index contributed by atoms with van der Waals surface area (Å²) in [5, 5.41) is 0.560. The molecule has 0 spiro atoms. The minimum absolute atomic E-state index is 0.0962. The van der Waals surface area contributed by atoms with E-state index in [4.69, 9.17) is 21.1 Å². The van der Waals surface area contributed by atoms with Gasteiger partial charge in [0, 0.05) is 11.1 Å². The fraction of sp³-hybridized carbons (Fsp3) is 0.414. The Balaban J connectivity index is 2.03. The maximum absolute atomic E-state index is 14.2. The Bertz CT molecular complexity index is 1280. The number of sulfonamides is 1. The van der Waals surface area contributed by atoms with Gasteiger partial charge in [-0.15, -0.1) is 0 Å². The van der Waals surface area contributed by atoms with Crippen LogP contribution in [-0.2, 0) is 24.3 Å². The second-order valence-electron chi connectivity index (χ2n) is 11.3. The van der Waals surface area contributed by atoms with Gasteiger partial charge in [-0.2, -0.15) is 4.31 Å². The summed E-state index contributed by atoms with van der Waals surface area (Å²) in [6, 6.07) is 13.1. The number of aryl methyl sites for hydroxylation is 1. The molecule has 1 heterocycles. The van der Waals surface area contributed by atoms with Gasteiger partial charge in [-0.3, -0.25) is 0 Å². The van der Waals surface area contributed by atoms with E-state index < -0.39 is 39.1 Å². The highest BCUT2D eigenvalue weighted by atomic mass is 35.5. The van der Waals surface area contributed by atoms with Gasteiger partial charge in [-0.25, -0.2) is 13.2 Å². The molecule has 2 aromatic carbocycles. The average Bonchev–Trinajstić information content (AvgIpc) is 3.17. The van der Waals surface area contributed by atoms with Gasteiger partial charge >= 0.3 is 5.97 Å². The Labute approximate surface area is 226 Å². The van der Waals surface area contributed by atoms with Crippen LogP contribution in [0, 0.1) is 12.3 Å². The van der Waals surface area contributed by atoms with Gasteiger partial charge in [-0.05, 0) is 68.0 Å². The second-order valence-corrected chi connectivity index (χ2v) is 13.5. The monoisotopic (exact) mass is 545 g/mol. The zero-order chi connectivity index (χ0) is 27.6. The number of carbonyl (C=O) groups excluding carboxylic acids is 1. The summed E-state index contributed by atoms with van der Waals surface area (Å²) < 4.78 is 41.0. The Morgan fingerprint density at radius 1 is 1.03 bits per heavy atom. The van der Waals surface area contributed by atoms with Gasteiger partial charge in [-0.1, -0.05) is 68.8 Å². The van der Waals surface area contributed by atoms with Crippen LogP contribution >= 0.6 is 11.6 Å². The van der Waals surface area contributed by atoms with E-state index in [-0.39, 0.29) is 11.5 Å². The van der Waals surface area contributed by atoms with E-state index in [0.717, 1.165) is 11.1 Å². The van der Waals surface area contributed by atoms with Crippen molar-refractivity contribution in [1.29, 1.82) is 0 Å². The number of benzene rings is 2. The van der Waals surface area contributed by atoms with Crippen LogP contribution in [0.4, 0.5) is 0 Å². The summed E-state index contributed by atoms with van der Waals surface area (Å²) in [5.41, 5.74) is 1.20. The largest absolute Gasteiger partial charge is 0.497 e. The lowest BCUT2D eigenvalue weighted by Gasteiger charge is -2.37. The van der Waals surface area contributed by atoms with Crippen molar-refractivity contribution >= 4 is 27.6 Å². The fourth-order valence-corrected chi connectivity index (χ4v) is 6.58. The third-order valence-electron chi connectivity index (χ3n) is 5.93. The number of halogens is 1. The van der Waals surface area contributed by atoms with Crippen LogP contribution in [-0.4, -0.2) is 36.9 Å². The van der Waals surface area contributed by atoms with Crippen LogP contribution in [0.3, 0.4) is 0 Å². The molecule has 0 fully saturated rings. The summed E-state index contributed by atoms with van der Waals surface area (Å²) in [6.07, 6.45) is 4.48. The van der Waals surface area contributed by atoms with Crippen molar-refractivity contribution in [2.75, 3.05) is 6.61 Å². The molecule has 2 aromatic rings. The third kappa shape index (κ3) is 7.03. The number of nitrogens with zero attached hydrogens (tertiary/aromatic N) is 1. The average molecular weight is 546 g/mol. The molecule has 0 aromatic heterocycles. The molecule has 0 bridgehead atoms.